The zero-order chi connectivity index (χ0) is 11.3. The molecular formula is C10H16N4O. The Morgan fingerprint density at radius 1 is 1.67 bits per heavy atom. The predicted octanol–water partition coefficient (Wildman–Crippen LogP) is -0.278. The van der Waals surface area contributed by atoms with Crippen LogP contribution in [-0.4, -0.2) is 31.5 Å². The van der Waals surface area contributed by atoms with E-state index in [-0.39, 0.29) is 5.91 Å². The number of rotatable bonds is 4. The van der Waals surface area contributed by atoms with Gasteiger partial charge in [0, 0.05) is 26.8 Å². The maximum Gasteiger partial charge on any atom is 0.239 e. The highest BCUT2D eigenvalue weighted by Crippen LogP contribution is 2.15. The van der Waals surface area contributed by atoms with Crippen LogP contribution in [0.25, 0.3) is 0 Å². The second kappa shape index (κ2) is 5.31. The molecule has 0 radical (unpaired) electrons. The van der Waals surface area contributed by atoms with Gasteiger partial charge >= 0.3 is 0 Å². The first-order valence-electron chi connectivity index (χ1n) is 4.74. The molecule has 5 nitrogen and oxygen atoms in total. The zero-order valence-corrected chi connectivity index (χ0v) is 9.03. The fourth-order valence-corrected chi connectivity index (χ4v) is 1.31. The van der Waals surface area contributed by atoms with Crippen molar-refractivity contribution >= 4 is 11.6 Å². The molecule has 0 fully saturated rings. The molecule has 1 aromatic heterocycles. The van der Waals surface area contributed by atoms with Gasteiger partial charge in [-0.1, -0.05) is 0 Å². The zero-order valence-electron chi connectivity index (χ0n) is 9.03. The van der Waals surface area contributed by atoms with Gasteiger partial charge in [-0.05, 0) is 12.1 Å². The molecule has 0 spiro atoms. The van der Waals surface area contributed by atoms with Crippen molar-refractivity contribution in [3.05, 3.63) is 24.0 Å². The SMILES string of the molecule is CNC(=O)CN(C)c1cccnc1CN. The lowest BCUT2D eigenvalue weighted by atomic mass is 10.2. The maximum atomic E-state index is 11.2. The topological polar surface area (TPSA) is 71.2 Å². The highest BCUT2D eigenvalue weighted by molar-refractivity contribution is 5.81. The molecule has 0 saturated carbocycles. The number of aromatic nitrogens is 1. The minimum atomic E-state index is -0.0377. The van der Waals surface area contributed by atoms with E-state index < -0.39 is 0 Å². The average Bonchev–Trinajstić information content (AvgIpc) is 2.28. The molecule has 1 rings (SSSR count). The first kappa shape index (κ1) is 11.5. The standard InChI is InChI=1S/C10H16N4O/c1-12-10(15)7-14(2)9-4-3-5-13-8(9)6-11/h3-5H,6-7,11H2,1-2H3,(H,12,15). The number of hydrogen-bond donors (Lipinski definition) is 2. The van der Waals surface area contributed by atoms with Gasteiger partial charge in [0.1, 0.15) is 0 Å². The van der Waals surface area contributed by atoms with Crippen molar-refractivity contribution in [1.82, 2.24) is 10.3 Å². The molecule has 0 aliphatic heterocycles. The van der Waals surface area contributed by atoms with Gasteiger partial charge in [-0.2, -0.15) is 0 Å². The normalized spacial score (nSPS) is 9.80. The quantitative estimate of drug-likeness (QED) is 0.714. The van der Waals surface area contributed by atoms with Crippen LogP contribution in [0.15, 0.2) is 18.3 Å². The lowest BCUT2D eigenvalue weighted by Crippen LogP contribution is -2.33. The molecule has 0 bridgehead atoms. The van der Waals surface area contributed by atoms with Crippen LogP contribution in [0.4, 0.5) is 5.69 Å². The first-order valence-corrected chi connectivity index (χ1v) is 4.74. The molecule has 0 aliphatic rings. The fourth-order valence-electron chi connectivity index (χ4n) is 1.31. The van der Waals surface area contributed by atoms with Crippen LogP contribution in [0.5, 0.6) is 0 Å². The summed E-state index contributed by atoms with van der Waals surface area (Å²) < 4.78 is 0. The van der Waals surface area contributed by atoms with E-state index in [1.54, 1.807) is 13.2 Å². The summed E-state index contributed by atoms with van der Waals surface area (Å²) in [5.74, 6) is -0.0377. The number of amides is 1. The number of carbonyl (C=O) groups is 1. The molecule has 1 amide bonds. The van der Waals surface area contributed by atoms with Crippen LogP contribution < -0.4 is 16.0 Å². The molecule has 1 aromatic rings. The molecule has 0 unspecified atom stereocenters. The van der Waals surface area contributed by atoms with E-state index in [0.717, 1.165) is 11.4 Å². The van der Waals surface area contributed by atoms with Crippen LogP contribution in [0.2, 0.25) is 0 Å². The third-order valence-corrected chi connectivity index (χ3v) is 2.13. The Balaban J connectivity index is 2.80. The van der Waals surface area contributed by atoms with Crippen LogP contribution in [0, 0.1) is 0 Å². The summed E-state index contributed by atoms with van der Waals surface area (Å²) in [5, 5.41) is 2.57. The molecular weight excluding hydrogens is 192 g/mol. The molecule has 5 heteroatoms. The number of nitrogens with two attached hydrogens (primary N) is 1. The van der Waals surface area contributed by atoms with E-state index in [1.165, 1.54) is 0 Å². The smallest absolute Gasteiger partial charge is 0.239 e. The Morgan fingerprint density at radius 3 is 3.00 bits per heavy atom. The molecule has 15 heavy (non-hydrogen) atoms. The van der Waals surface area contributed by atoms with Gasteiger partial charge in [0.05, 0.1) is 17.9 Å². The monoisotopic (exact) mass is 208 g/mol. The third-order valence-electron chi connectivity index (χ3n) is 2.13. The van der Waals surface area contributed by atoms with Crippen LogP contribution in [-0.2, 0) is 11.3 Å². The fraction of sp³-hybridized carbons (Fsp3) is 0.400. The third kappa shape index (κ3) is 2.92. The Labute approximate surface area is 89.3 Å². The number of hydrogen-bond acceptors (Lipinski definition) is 4. The summed E-state index contributed by atoms with van der Waals surface area (Å²) in [6, 6.07) is 3.73. The van der Waals surface area contributed by atoms with Gasteiger partial charge in [-0.15, -0.1) is 0 Å². The summed E-state index contributed by atoms with van der Waals surface area (Å²) in [5.41, 5.74) is 7.25. The van der Waals surface area contributed by atoms with Gasteiger partial charge < -0.3 is 16.0 Å². The van der Waals surface area contributed by atoms with Crippen molar-refractivity contribution in [1.29, 1.82) is 0 Å². The highest BCUT2D eigenvalue weighted by Gasteiger charge is 2.09. The Morgan fingerprint density at radius 2 is 2.40 bits per heavy atom. The van der Waals surface area contributed by atoms with Gasteiger partial charge in [0.2, 0.25) is 5.91 Å². The number of likely N-dealkylation sites (N-methyl/N-ethyl adjacent to an activating group) is 2. The molecule has 0 aromatic carbocycles. The molecule has 0 atom stereocenters. The lowest BCUT2D eigenvalue weighted by Gasteiger charge is -2.20. The molecule has 3 N–H and O–H groups in total. The predicted molar refractivity (Wildman–Crippen MR) is 59.5 cm³/mol. The van der Waals surface area contributed by atoms with Crippen molar-refractivity contribution in [3.8, 4) is 0 Å². The van der Waals surface area contributed by atoms with E-state index in [1.807, 2.05) is 24.1 Å². The summed E-state index contributed by atoms with van der Waals surface area (Å²) in [6.07, 6.45) is 1.69. The first-order chi connectivity index (χ1) is 7.19. The average molecular weight is 208 g/mol. The Kier molecular flexibility index (Phi) is 4.05. The highest BCUT2D eigenvalue weighted by atomic mass is 16.1. The van der Waals surface area contributed by atoms with Crippen molar-refractivity contribution in [2.45, 2.75) is 6.54 Å². The van der Waals surface area contributed by atoms with E-state index in [0.29, 0.717) is 13.1 Å². The van der Waals surface area contributed by atoms with E-state index in [2.05, 4.69) is 10.3 Å². The maximum absolute atomic E-state index is 11.2. The summed E-state index contributed by atoms with van der Waals surface area (Å²) >= 11 is 0. The van der Waals surface area contributed by atoms with E-state index >= 15 is 0 Å². The molecule has 0 aliphatic carbocycles. The van der Waals surface area contributed by atoms with Gasteiger partial charge in [0.15, 0.2) is 0 Å². The minimum absolute atomic E-state index is 0.0377. The van der Waals surface area contributed by atoms with Gasteiger partial charge in [-0.25, -0.2) is 0 Å². The number of nitrogens with zero attached hydrogens (tertiary/aromatic N) is 2. The molecule has 0 saturated heterocycles. The van der Waals surface area contributed by atoms with Crippen LogP contribution in [0.1, 0.15) is 5.69 Å². The van der Waals surface area contributed by atoms with Gasteiger partial charge in [0.25, 0.3) is 0 Å². The lowest BCUT2D eigenvalue weighted by molar-refractivity contribution is -0.119. The summed E-state index contributed by atoms with van der Waals surface area (Å²) in [4.78, 5) is 17.2. The second-order valence-corrected chi connectivity index (χ2v) is 3.20. The molecule has 82 valence electrons. The Bertz CT molecular complexity index is 340. The Hall–Kier alpha value is -1.62. The summed E-state index contributed by atoms with van der Waals surface area (Å²) in [6.45, 7) is 0.670. The largest absolute Gasteiger partial charge is 0.364 e. The number of anilines is 1. The van der Waals surface area contributed by atoms with Crippen molar-refractivity contribution < 1.29 is 4.79 Å². The minimum Gasteiger partial charge on any atom is -0.364 e. The number of carbonyl (C=O) groups excluding carboxylic acids is 1. The number of pyridine rings is 1. The molecule has 1 heterocycles. The number of nitrogens with one attached hydrogen (secondary N) is 1. The second-order valence-electron chi connectivity index (χ2n) is 3.20. The van der Waals surface area contributed by atoms with Gasteiger partial charge in [-0.3, -0.25) is 9.78 Å². The van der Waals surface area contributed by atoms with E-state index in [9.17, 15) is 4.79 Å². The van der Waals surface area contributed by atoms with Crippen molar-refractivity contribution in [3.63, 3.8) is 0 Å². The van der Waals surface area contributed by atoms with Crippen LogP contribution >= 0.6 is 0 Å². The van der Waals surface area contributed by atoms with E-state index in [4.69, 9.17) is 5.73 Å². The summed E-state index contributed by atoms with van der Waals surface area (Å²) in [7, 11) is 3.45. The van der Waals surface area contributed by atoms with Crippen LogP contribution in [0.3, 0.4) is 0 Å². The van der Waals surface area contributed by atoms with Crippen molar-refractivity contribution in [2.24, 2.45) is 5.73 Å². The van der Waals surface area contributed by atoms with Crippen molar-refractivity contribution in [2.75, 3.05) is 25.5 Å².